The molecule has 0 saturated carbocycles. The third-order valence-corrected chi connectivity index (χ3v) is 11.0. The van der Waals surface area contributed by atoms with Gasteiger partial charge >= 0.3 is 0 Å². The fourth-order valence-corrected chi connectivity index (χ4v) is 7.56. The van der Waals surface area contributed by atoms with Crippen LogP contribution in [0.3, 0.4) is 0 Å². The van der Waals surface area contributed by atoms with E-state index in [1.54, 1.807) is 38.1 Å². The molecule has 0 saturated heterocycles. The van der Waals surface area contributed by atoms with E-state index in [0.29, 0.717) is 12.8 Å². The van der Waals surface area contributed by atoms with Gasteiger partial charge in [0, 0.05) is 12.1 Å². The summed E-state index contributed by atoms with van der Waals surface area (Å²) in [6, 6.07) is 14.6. The van der Waals surface area contributed by atoms with Crippen LogP contribution < -0.4 is 30.4 Å². The first-order chi connectivity index (χ1) is 23.7. The summed E-state index contributed by atoms with van der Waals surface area (Å²) in [4.78, 5) is 29.0. The SMILES string of the molecule is CCCCOc1cc(NS(=O)(=O)c2ccc(C)cc2)c2c(c1N)C(=O)c1c(N)c(OCCCC)cc(NS(=O)(=O)c3ccc(C)cc3)c1C2=O. The lowest BCUT2D eigenvalue weighted by atomic mass is 9.80. The van der Waals surface area contributed by atoms with Crippen molar-refractivity contribution in [3.8, 4) is 11.5 Å². The molecule has 0 fully saturated rings. The fraction of sp³-hybridized carbons (Fsp3) is 0.278. The maximum Gasteiger partial charge on any atom is 0.261 e. The van der Waals surface area contributed by atoms with Crippen molar-refractivity contribution in [3.63, 3.8) is 0 Å². The number of hydrogen-bond acceptors (Lipinski definition) is 10. The van der Waals surface area contributed by atoms with Crippen LogP contribution in [0, 0.1) is 13.8 Å². The Morgan fingerprint density at radius 1 is 0.580 bits per heavy atom. The van der Waals surface area contributed by atoms with Crippen molar-refractivity contribution in [3.05, 3.63) is 94.0 Å². The number of carbonyl (C=O) groups excluding carboxylic acids is 2. The van der Waals surface area contributed by atoms with Crippen LogP contribution >= 0.6 is 0 Å². The number of nitrogen functional groups attached to an aromatic ring is 2. The predicted octanol–water partition coefficient (Wildman–Crippen LogP) is 6.20. The Morgan fingerprint density at radius 2 is 0.920 bits per heavy atom. The second kappa shape index (κ2) is 14.4. The quantitative estimate of drug-likeness (QED) is 0.0757. The number of rotatable bonds is 14. The average Bonchev–Trinajstić information content (AvgIpc) is 3.06. The molecule has 0 aliphatic heterocycles. The van der Waals surface area contributed by atoms with E-state index in [0.717, 1.165) is 24.0 Å². The number of sulfonamides is 2. The van der Waals surface area contributed by atoms with Gasteiger partial charge in [-0.25, -0.2) is 16.8 Å². The second-order valence-electron chi connectivity index (χ2n) is 12.1. The molecule has 14 heteroatoms. The highest BCUT2D eigenvalue weighted by atomic mass is 32.2. The molecule has 4 aromatic carbocycles. The molecule has 0 spiro atoms. The predicted molar refractivity (Wildman–Crippen MR) is 193 cm³/mol. The smallest absolute Gasteiger partial charge is 0.261 e. The molecule has 12 nitrogen and oxygen atoms in total. The monoisotopic (exact) mass is 720 g/mol. The standard InChI is InChI=1S/C36H40N4O8S2/c1-5-7-17-47-27-19-25(39-49(43,44)23-13-9-21(3)10-14-23)29-31(33(27)37)36(42)32-30(35(29)41)26(20-28(34(32)38)48-18-8-6-2)40-50(45,46)24-15-11-22(4)12-16-24/h9-16,19-20,39-40H,5-8,17-18,37-38H2,1-4H3. The lowest BCUT2D eigenvalue weighted by Crippen LogP contribution is -2.29. The Balaban J connectivity index is 1.74. The first-order valence-corrected chi connectivity index (χ1v) is 19.1. The molecule has 5 rings (SSSR count). The van der Waals surface area contributed by atoms with Crippen molar-refractivity contribution < 1.29 is 35.9 Å². The van der Waals surface area contributed by atoms with Crippen molar-refractivity contribution in [1.29, 1.82) is 0 Å². The minimum Gasteiger partial charge on any atom is -0.491 e. The molecule has 0 radical (unpaired) electrons. The molecule has 0 aromatic heterocycles. The van der Waals surface area contributed by atoms with E-state index in [2.05, 4.69) is 9.44 Å². The topological polar surface area (TPSA) is 197 Å². The lowest BCUT2D eigenvalue weighted by Gasteiger charge is -2.27. The van der Waals surface area contributed by atoms with Gasteiger partial charge in [-0.2, -0.15) is 0 Å². The Bertz CT molecular complexity index is 2030. The van der Waals surface area contributed by atoms with Crippen LogP contribution in [0.25, 0.3) is 0 Å². The zero-order valence-corrected chi connectivity index (χ0v) is 29.9. The molecule has 1 aliphatic rings. The summed E-state index contributed by atoms with van der Waals surface area (Å²) < 4.78 is 71.2. The molecule has 0 heterocycles. The first kappa shape index (κ1) is 36.2. The van der Waals surface area contributed by atoms with Gasteiger partial charge in [-0.05, 0) is 51.0 Å². The van der Waals surface area contributed by atoms with Crippen LogP contribution in [0.5, 0.6) is 11.5 Å². The maximum atomic E-state index is 14.7. The van der Waals surface area contributed by atoms with Gasteiger partial charge in [-0.1, -0.05) is 62.1 Å². The van der Waals surface area contributed by atoms with Crippen molar-refractivity contribution in [2.24, 2.45) is 0 Å². The van der Waals surface area contributed by atoms with E-state index >= 15 is 0 Å². The summed E-state index contributed by atoms with van der Waals surface area (Å²) in [5, 5.41) is 0. The van der Waals surface area contributed by atoms with Crippen LogP contribution in [-0.4, -0.2) is 41.6 Å². The molecule has 264 valence electrons. The number of ether oxygens (including phenoxy) is 2. The van der Waals surface area contributed by atoms with Crippen molar-refractivity contribution in [1.82, 2.24) is 0 Å². The second-order valence-corrected chi connectivity index (χ2v) is 15.4. The molecular weight excluding hydrogens is 681 g/mol. The van der Waals surface area contributed by atoms with E-state index in [-0.39, 0.29) is 79.5 Å². The number of nitrogens with two attached hydrogens (primary N) is 2. The minimum atomic E-state index is -4.31. The summed E-state index contributed by atoms with van der Waals surface area (Å²) in [5.74, 6) is -1.76. The summed E-state index contributed by atoms with van der Waals surface area (Å²) in [6.45, 7) is 7.91. The molecule has 0 unspecified atom stereocenters. The molecule has 0 atom stereocenters. The van der Waals surface area contributed by atoms with Gasteiger partial charge in [0.2, 0.25) is 0 Å². The molecule has 6 N–H and O–H groups in total. The van der Waals surface area contributed by atoms with E-state index in [1.807, 2.05) is 13.8 Å². The van der Waals surface area contributed by atoms with Gasteiger partial charge in [0.15, 0.2) is 11.6 Å². The fourth-order valence-electron chi connectivity index (χ4n) is 5.44. The number of carbonyl (C=O) groups is 2. The molecule has 1 aliphatic carbocycles. The molecular formula is C36H40N4O8S2. The van der Waals surface area contributed by atoms with E-state index in [9.17, 15) is 26.4 Å². The molecule has 50 heavy (non-hydrogen) atoms. The Hall–Kier alpha value is -5.08. The van der Waals surface area contributed by atoms with Gasteiger partial charge in [-0.3, -0.25) is 19.0 Å². The Labute approximate surface area is 292 Å². The van der Waals surface area contributed by atoms with Gasteiger partial charge in [-0.15, -0.1) is 0 Å². The summed E-state index contributed by atoms with van der Waals surface area (Å²) in [7, 11) is -8.62. The molecule has 4 aromatic rings. The van der Waals surface area contributed by atoms with Gasteiger partial charge in [0.05, 0.1) is 68.0 Å². The number of hydrogen-bond donors (Lipinski definition) is 4. The van der Waals surface area contributed by atoms with E-state index in [4.69, 9.17) is 20.9 Å². The number of anilines is 4. The largest absolute Gasteiger partial charge is 0.491 e. The first-order valence-electron chi connectivity index (χ1n) is 16.2. The van der Waals surface area contributed by atoms with E-state index in [1.165, 1.54) is 36.4 Å². The zero-order valence-electron chi connectivity index (χ0n) is 28.3. The third kappa shape index (κ3) is 7.12. The number of nitrogens with one attached hydrogen (secondary N) is 2. The highest BCUT2D eigenvalue weighted by Gasteiger charge is 2.41. The summed E-state index contributed by atoms with van der Waals surface area (Å²) in [5.41, 5.74) is 12.3. The Morgan fingerprint density at radius 3 is 1.26 bits per heavy atom. The lowest BCUT2D eigenvalue weighted by molar-refractivity contribution is 0.0981. The number of unbranched alkanes of at least 4 members (excludes halogenated alkanes) is 2. The van der Waals surface area contributed by atoms with Gasteiger partial charge in [0.1, 0.15) is 11.5 Å². The van der Waals surface area contributed by atoms with Crippen LogP contribution in [-0.2, 0) is 20.0 Å². The number of benzene rings is 4. The summed E-state index contributed by atoms with van der Waals surface area (Å²) in [6.07, 6.45) is 2.82. The molecule has 0 bridgehead atoms. The highest BCUT2D eigenvalue weighted by Crippen LogP contribution is 2.47. The van der Waals surface area contributed by atoms with Crippen LogP contribution in [0.2, 0.25) is 0 Å². The van der Waals surface area contributed by atoms with Crippen molar-refractivity contribution >= 4 is 54.4 Å². The minimum absolute atomic E-state index is 0.0161. The zero-order chi connectivity index (χ0) is 36.4. The average molecular weight is 721 g/mol. The normalized spacial score (nSPS) is 12.6. The number of aryl methyl sites for hydroxylation is 2. The van der Waals surface area contributed by atoms with Crippen LogP contribution in [0.15, 0.2) is 70.5 Å². The van der Waals surface area contributed by atoms with Crippen molar-refractivity contribution in [2.75, 3.05) is 34.1 Å². The molecule has 0 amide bonds. The van der Waals surface area contributed by atoms with Crippen molar-refractivity contribution in [2.45, 2.75) is 63.2 Å². The highest BCUT2D eigenvalue weighted by molar-refractivity contribution is 7.93. The van der Waals surface area contributed by atoms with Gasteiger partial charge < -0.3 is 20.9 Å². The summed E-state index contributed by atoms with van der Waals surface area (Å²) >= 11 is 0. The third-order valence-electron chi connectivity index (χ3n) is 8.23. The van der Waals surface area contributed by atoms with Crippen LogP contribution in [0.4, 0.5) is 22.7 Å². The Kier molecular flexibility index (Phi) is 10.4. The number of ketones is 2. The maximum absolute atomic E-state index is 14.7. The number of fused-ring (bicyclic) bond motifs is 2. The van der Waals surface area contributed by atoms with Crippen LogP contribution in [0.1, 0.15) is 82.5 Å². The van der Waals surface area contributed by atoms with Gasteiger partial charge in [0.25, 0.3) is 20.0 Å². The van der Waals surface area contributed by atoms with E-state index < -0.39 is 31.6 Å².